The minimum Gasteiger partial charge on any atom is -0.462 e. The van der Waals surface area contributed by atoms with Crippen molar-refractivity contribution in [3.8, 4) is 0 Å². The Hall–Kier alpha value is -3.47. The molecule has 256 valence electrons. The average molecular weight is 655 g/mol. The van der Waals surface area contributed by atoms with E-state index in [1.807, 2.05) is 13.8 Å². The van der Waals surface area contributed by atoms with Crippen molar-refractivity contribution < 1.29 is 52.4 Å². The summed E-state index contributed by atoms with van der Waals surface area (Å²) < 4.78 is 38.5. The Morgan fingerprint density at radius 1 is 0.872 bits per heavy atom. The molecule has 12 atom stereocenters. The molecule has 5 aliphatic rings. The van der Waals surface area contributed by atoms with E-state index in [4.69, 9.17) is 28.4 Å². The molecule has 1 aliphatic heterocycles. The molecule has 0 amide bonds. The molecular formula is C36H46O11. The van der Waals surface area contributed by atoms with E-state index in [2.05, 4.69) is 13.8 Å². The Bertz CT molecular complexity index is 1470. The SMILES string of the molecule is CCC(=O)O[C@@H]1[C@@H]2[C@@H](OC(C)=O)[C@@]34CO[C@](C)([C@@H](OC(=O)c5ccccc5)[C@@]2(OC(C)=O)C[C@@H]1C)[C@@H]3[C@@H]1[C@H](C[C@H]4OC(C)=O)C1(C)C. The Labute approximate surface area is 275 Å². The molecule has 4 saturated carbocycles. The van der Waals surface area contributed by atoms with E-state index in [9.17, 15) is 24.0 Å². The minimum atomic E-state index is -1.65. The van der Waals surface area contributed by atoms with Crippen molar-refractivity contribution in [2.24, 2.45) is 40.4 Å². The molecule has 0 spiro atoms. The van der Waals surface area contributed by atoms with Crippen LogP contribution in [0.2, 0.25) is 0 Å². The van der Waals surface area contributed by atoms with Crippen LogP contribution in [-0.2, 0) is 47.6 Å². The first kappa shape index (κ1) is 33.4. The molecule has 5 fully saturated rings. The quantitative estimate of drug-likeness (QED) is 0.305. The molecule has 6 rings (SSSR count). The van der Waals surface area contributed by atoms with E-state index in [0.717, 1.165) is 0 Å². The van der Waals surface area contributed by atoms with Gasteiger partial charge in [0, 0.05) is 33.1 Å². The fraction of sp³-hybridized carbons (Fsp3) is 0.694. The van der Waals surface area contributed by atoms with Gasteiger partial charge < -0.3 is 28.4 Å². The van der Waals surface area contributed by atoms with Gasteiger partial charge in [0.2, 0.25) is 0 Å². The van der Waals surface area contributed by atoms with E-state index in [-0.39, 0.29) is 36.7 Å². The average Bonchev–Trinajstić information content (AvgIpc) is 3.24. The second kappa shape index (κ2) is 11.3. The van der Waals surface area contributed by atoms with Gasteiger partial charge in [0.05, 0.1) is 23.5 Å². The van der Waals surface area contributed by atoms with E-state index in [0.29, 0.717) is 12.0 Å². The van der Waals surface area contributed by atoms with E-state index < -0.39 is 88.6 Å². The van der Waals surface area contributed by atoms with Crippen molar-refractivity contribution in [3.05, 3.63) is 35.9 Å². The topological polar surface area (TPSA) is 141 Å². The van der Waals surface area contributed by atoms with Crippen molar-refractivity contribution in [1.82, 2.24) is 0 Å². The van der Waals surface area contributed by atoms with Gasteiger partial charge in [-0.2, -0.15) is 0 Å². The molecule has 0 unspecified atom stereocenters. The summed E-state index contributed by atoms with van der Waals surface area (Å²) in [6.45, 7) is 13.7. The van der Waals surface area contributed by atoms with Gasteiger partial charge >= 0.3 is 29.8 Å². The molecule has 0 aromatic heterocycles. The van der Waals surface area contributed by atoms with Crippen LogP contribution >= 0.6 is 0 Å². The number of carbonyl (C=O) groups is 5. The lowest BCUT2D eigenvalue weighted by Gasteiger charge is -2.50. The zero-order chi connectivity index (χ0) is 34.3. The summed E-state index contributed by atoms with van der Waals surface area (Å²) in [7, 11) is 0. The van der Waals surface area contributed by atoms with Crippen molar-refractivity contribution >= 4 is 29.8 Å². The van der Waals surface area contributed by atoms with Gasteiger partial charge in [-0.15, -0.1) is 0 Å². The minimum absolute atomic E-state index is 0.0000591. The summed E-state index contributed by atoms with van der Waals surface area (Å²) >= 11 is 0. The number of esters is 5. The molecule has 47 heavy (non-hydrogen) atoms. The van der Waals surface area contributed by atoms with Gasteiger partial charge in [-0.1, -0.05) is 45.9 Å². The van der Waals surface area contributed by atoms with Gasteiger partial charge in [0.25, 0.3) is 0 Å². The van der Waals surface area contributed by atoms with Crippen LogP contribution in [0.5, 0.6) is 0 Å². The number of carbonyl (C=O) groups excluding carboxylic acids is 5. The lowest BCUT2D eigenvalue weighted by Crippen LogP contribution is -2.64. The smallest absolute Gasteiger partial charge is 0.338 e. The van der Waals surface area contributed by atoms with Gasteiger partial charge in [0.1, 0.15) is 23.9 Å². The molecule has 1 saturated heterocycles. The summed E-state index contributed by atoms with van der Waals surface area (Å²) in [5, 5.41) is 0. The fourth-order valence-corrected chi connectivity index (χ4v) is 10.5. The van der Waals surface area contributed by atoms with Crippen LogP contribution in [0.15, 0.2) is 30.3 Å². The Kier molecular flexibility index (Phi) is 8.05. The highest BCUT2D eigenvalue weighted by atomic mass is 16.6. The van der Waals surface area contributed by atoms with Crippen molar-refractivity contribution in [2.45, 2.75) is 110 Å². The van der Waals surface area contributed by atoms with Crippen LogP contribution in [-0.4, -0.2) is 72.1 Å². The molecule has 0 radical (unpaired) electrons. The predicted molar refractivity (Wildman–Crippen MR) is 164 cm³/mol. The van der Waals surface area contributed by atoms with Crippen molar-refractivity contribution in [3.63, 3.8) is 0 Å². The Balaban J connectivity index is 1.66. The highest BCUT2D eigenvalue weighted by molar-refractivity contribution is 5.89. The Morgan fingerprint density at radius 3 is 2.13 bits per heavy atom. The summed E-state index contributed by atoms with van der Waals surface area (Å²) in [5.41, 5.74) is -4.02. The van der Waals surface area contributed by atoms with Crippen molar-refractivity contribution in [1.29, 1.82) is 0 Å². The maximum atomic E-state index is 14.0. The number of rotatable bonds is 7. The lowest BCUT2D eigenvalue weighted by molar-refractivity contribution is -0.240. The van der Waals surface area contributed by atoms with Gasteiger partial charge in [0.15, 0.2) is 11.7 Å². The first-order chi connectivity index (χ1) is 22.0. The third-order valence-corrected chi connectivity index (χ3v) is 12.1. The first-order valence-electron chi connectivity index (χ1n) is 16.7. The monoisotopic (exact) mass is 654 g/mol. The molecule has 2 bridgehead atoms. The molecule has 11 heteroatoms. The molecule has 1 heterocycles. The van der Waals surface area contributed by atoms with Crippen molar-refractivity contribution in [2.75, 3.05) is 6.61 Å². The van der Waals surface area contributed by atoms with Crippen LogP contribution in [0.4, 0.5) is 0 Å². The van der Waals surface area contributed by atoms with Crippen LogP contribution in [0.25, 0.3) is 0 Å². The molecule has 1 aromatic rings. The summed E-state index contributed by atoms with van der Waals surface area (Å²) in [6, 6.07) is 8.52. The third kappa shape index (κ3) is 4.89. The molecule has 1 aromatic carbocycles. The van der Waals surface area contributed by atoms with Gasteiger partial charge in [-0.3, -0.25) is 19.2 Å². The van der Waals surface area contributed by atoms with E-state index >= 15 is 0 Å². The fourth-order valence-electron chi connectivity index (χ4n) is 10.5. The normalized spacial score (nSPS) is 42.0. The standard InChI is InChI=1S/C36H46O11/c1-9-25(40)45-28-18(2)16-36(47-21(5)39)27(28)30(44-20(4)38)35-17-42-34(8,32(36)46-31(41)22-13-11-10-12-14-22)29(35)26-23(33(26,6)7)15-24(35)43-19(3)37/h10-14,18,23-24,26-30,32H,9,15-17H2,1-8H3/t18-,23-,24+,26-,27+,28-,29-,30+,32+,34-,35+,36+/m0/s1. The highest BCUT2D eigenvalue weighted by Gasteiger charge is 2.86. The number of hydrogen-bond donors (Lipinski definition) is 0. The molecular weight excluding hydrogens is 608 g/mol. The highest BCUT2D eigenvalue weighted by Crippen LogP contribution is 2.79. The second-order valence-corrected chi connectivity index (χ2v) is 15.1. The lowest BCUT2D eigenvalue weighted by atomic mass is 9.57. The number of hydrogen-bond acceptors (Lipinski definition) is 11. The number of ether oxygens (including phenoxy) is 6. The zero-order valence-corrected chi connectivity index (χ0v) is 28.4. The summed E-state index contributed by atoms with van der Waals surface area (Å²) in [5.74, 6) is -4.61. The number of fused-ring (bicyclic) bond motifs is 2. The van der Waals surface area contributed by atoms with E-state index in [1.165, 1.54) is 20.8 Å². The first-order valence-corrected chi connectivity index (χ1v) is 16.7. The molecule has 11 nitrogen and oxygen atoms in total. The maximum absolute atomic E-state index is 14.0. The number of benzene rings is 1. The van der Waals surface area contributed by atoms with Gasteiger partial charge in [-0.05, 0) is 55.1 Å². The van der Waals surface area contributed by atoms with Crippen LogP contribution < -0.4 is 0 Å². The largest absolute Gasteiger partial charge is 0.462 e. The zero-order valence-electron chi connectivity index (χ0n) is 28.4. The summed E-state index contributed by atoms with van der Waals surface area (Å²) in [4.78, 5) is 66.2. The van der Waals surface area contributed by atoms with Crippen LogP contribution in [0.3, 0.4) is 0 Å². The Morgan fingerprint density at radius 2 is 1.53 bits per heavy atom. The summed E-state index contributed by atoms with van der Waals surface area (Å²) in [6.07, 6.45) is -3.26. The van der Waals surface area contributed by atoms with Gasteiger partial charge in [-0.25, -0.2) is 4.79 Å². The maximum Gasteiger partial charge on any atom is 0.338 e. The van der Waals surface area contributed by atoms with Crippen LogP contribution in [0, 0.1) is 40.4 Å². The van der Waals surface area contributed by atoms with Crippen LogP contribution in [0.1, 0.15) is 85.0 Å². The molecule has 0 N–H and O–H groups in total. The van der Waals surface area contributed by atoms with E-state index in [1.54, 1.807) is 37.3 Å². The predicted octanol–water partition coefficient (Wildman–Crippen LogP) is 4.44. The third-order valence-electron chi connectivity index (χ3n) is 12.1. The second-order valence-electron chi connectivity index (χ2n) is 15.1. The molecule has 4 aliphatic carbocycles.